The van der Waals surface area contributed by atoms with Gasteiger partial charge in [0.2, 0.25) is 5.78 Å². The van der Waals surface area contributed by atoms with E-state index in [1.807, 2.05) is 0 Å². The van der Waals surface area contributed by atoms with Crippen LogP contribution in [-0.2, 0) is 25.4 Å². The second-order valence-electron chi connectivity index (χ2n) is 14.9. The van der Waals surface area contributed by atoms with Gasteiger partial charge in [0.25, 0.3) is 0 Å². The van der Waals surface area contributed by atoms with Crippen LogP contribution in [0.4, 0.5) is 5.82 Å². The highest BCUT2D eigenvalue weighted by Crippen LogP contribution is 2.52. The molecule has 21 heteroatoms. The van der Waals surface area contributed by atoms with Crippen LogP contribution in [0, 0.1) is 0 Å². The predicted molar refractivity (Wildman–Crippen MR) is 193 cm³/mol. The molecule has 0 spiro atoms. The van der Waals surface area contributed by atoms with E-state index < -0.39 is 133 Å². The molecule has 58 heavy (non-hydrogen) atoms. The number of ketones is 3. The third-order valence-electron chi connectivity index (χ3n) is 11.5. The number of nitrogens with zero attached hydrogens (tertiary/aromatic N) is 4. The smallest absolute Gasteiger partial charge is 0.202 e. The summed E-state index contributed by atoms with van der Waals surface area (Å²) in [6, 6.07) is 3.41. The van der Waals surface area contributed by atoms with Crippen LogP contribution >= 0.6 is 0 Å². The highest BCUT2D eigenvalue weighted by atomic mass is 16.7. The Hall–Kier alpha value is -4.91. The minimum Gasteiger partial charge on any atom is -0.507 e. The number of hydrogen-bond acceptors (Lipinski definition) is 20. The number of carbonyl (C=O) groups excluding carboxylic acids is 3. The summed E-state index contributed by atoms with van der Waals surface area (Å²) in [6.07, 6.45) is -9.53. The van der Waals surface area contributed by atoms with Crippen molar-refractivity contribution < 1.29 is 74.2 Å². The van der Waals surface area contributed by atoms with E-state index in [0.29, 0.717) is 0 Å². The Labute approximate surface area is 328 Å². The van der Waals surface area contributed by atoms with Crippen molar-refractivity contribution in [3.63, 3.8) is 0 Å². The van der Waals surface area contributed by atoms with Gasteiger partial charge in [-0.05, 0) is 13.0 Å². The molecule has 2 aromatic carbocycles. The van der Waals surface area contributed by atoms with E-state index in [9.17, 15) is 55.2 Å². The Morgan fingerprint density at radius 1 is 1.05 bits per heavy atom. The van der Waals surface area contributed by atoms with Crippen molar-refractivity contribution in [2.24, 2.45) is 10.7 Å². The molecule has 0 saturated carbocycles. The van der Waals surface area contributed by atoms with E-state index in [4.69, 9.17) is 24.7 Å². The zero-order valence-corrected chi connectivity index (χ0v) is 31.0. The molecular formula is C37H42N6O15. The summed E-state index contributed by atoms with van der Waals surface area (Å²) in [4.78, 5) is 49.5. The van der Waals surface area contributed by atoms with Gasteiger partial charge in [-0.3, -0.25) is 24.0 Å². The van der Waals surface area contributed by atoms with Gasteiger partial charge in [0.15, 0.2) is 29.9 Å². The van der Waals surface area contributed by atoms with Crippen LogP contribution < -0.4 is 15.9 Å². The number of methoxy groups -OCH3 is 1. The zero-order valence-electron chi connectivity index (χ0n) is 31.0. The van der Waals surface area contributed by atoms with Crippen LogP contribution in [0.1, 0.15) is 86.9 Å². The predicted octanol–water partition coefficient (Wildman–Crippen LogP) is -2.01. The van der Waals surface area contributed by atoms with E-state index in [1.54, 1.807) is 6.92 Å². The Kier molecular flexibility index (Phi) is 10.1. The van der Waals surface area contributed by atoms with Gasteiger partial charge in [0, 0.05) is 36.0 Å². The largest absolute Gasteiger partial charge is 0.507 e. The van der Waals surface area contributed by atoms with Crippen molar-refractivity contribution in [1.29, 1.82) is 0 Å². The third-order valence-corrected chi connectivity index (χ3v) is 11.5. The number of fused-ring (bicyclic) bond motifs is 4. The number of aliphatic hydroxyl groups excluding tert-OH is 5. The summed E-state index contributed by atoms with van der Waals surface area (Å²) >= 11 is 0. The molecule has 21 nitrogen and oxygen atoms in total. The van der Waals surface area contributed by atoms with Crippen molar-refractivity contribution >= 4 is 29.5 Å². The molecule has 7 unspecified atom stereocenters. The molecule has 0 amide bonds. The monoisotopic (exact) mass is 810 g/mol. The number of phenolic OH excluding ortho intramolecular Hbond substituents is 2. The number of aliphatic imine (C=N–C) groups is 1. The highest BCUT2D eigenvalue weighted by molar-refractivity contribution is 6.31. The average Bonchev–Trinajstić information content (AvgIpc) is 3.76. The highest BCUT2D eigenvalue weighted by Gasteiger charge is 2.51. The fourth-order valence-electron chi connectivity index (χ4n) is 8.48. The second kappa shape index (κ2) is 14.7. The first-order chi connectivity index (χ1) is 27.6. The van der Waals surface area contributed by atoms with Gasteiger partial charge in [-0.15, -0.1) is 0 Å². The summed E-state index contributed by atoms with van der Waals surface area (Å²) in [5, 5.41) is 87.8. The number of hydrazine groups is 1. The van der Waals surface area contributed by atoms with Crippen LogP contribution in [0.5, 0.6) is 17.2 Å². The van der Waals surface area contributed by atoms with Crippen LogP contribution in [0.25, 0.3) is 0 Å². The molecule has 0 bridgehead atoms. The molecule has 2 aliphatic carbocycles. The molecule has 5 aliphatic rings. The summed E-state index contributed by atoms with van der Waals surface area (Å²) in [5.74, 6) is -3.92. The number of rotatable bonds is 9. The van der Waals surface area contributed by atoms with Gasteiger partial charge in [0.1, 0.15) is 66.0 Å². The maximum Gasteiger partial charge on any atom is 0.202 e. The fraction of sp³-hybridized carbons (Fsp3) is 0.486. The van der Waals surface area contributed by atoms with E-state index in [1.165, 1.54) is 47.6 Å². The lowest BCUT2D eigenvalue weighted by molar-refractivity contribution is -0.252. The van der Waals surface area contributed by atoms with Crippen molar-refractivity contribution in [3.8, 4) is 17.2 Å². The van der Waals surface area contributed by atoms with Gasteiger partial charge in [-0.2, -0.15) is 0 Å². The first-order valence-corrected chi connectivity index (χ1v) is 18.4. The van der Waals surface area contributed by atoms with Gasteiger partial charge < -0.3 is 65.5 Å². The number of imidazole rings is 1. The van der Waals surface area contributed by atoms with Crippen LogP contribution in [-0.4, -0.2) is 148 Å². The number of ether oxygens (including phenoxy) is 4. The zero-order chi connectivity index (χ0) is 41.5. The lowest BCUT2D eigenvalue weighted by atomic mass is 9.72. The van der Waals surface area contributed by atoms with E-state index >= 15 is 0 Å². The summed E-state index contributed by atoms with van der Waals surface area (Å²) in [6.45, 7) is -0.0729. The first-order valence-electron chi connectivity index (χ1n) is 18.4. The number of aromatic hydroxyl groups is 2. The van der Waals surface area contributed by atoms with Crippen molar-refractivity contribution in [1.82, 2.24) is 20.0 Å². The standard InChI is InChI=1S/C37H42N6O15/c1-13-27(47)16(41-43-12-40-35-26(34(43)38)39-11-42(35)36-33(53)30(50)19(9-44)58-36)6-21(56-13)57-18-8-37(54,20(46)10-45)7-15-23(18)32(52)25-24(29(15)49)28(48)14-4-3-5-17(55-2)22(14)31(25)51/h3-5,11-13,16,18-19,21,27,30,33-34,36,41,44-45,47,49-50,52-54H,6-10,38H2,1-2H3/t13?,16?,18-,19+,21?,27?,30?,33?,34?,36+,37-/m0/s1. The first kappa shape index (κ1) is 39.9. The molecule has 310 valence electrons. The molecule has 3 aliphatic heterocycles. The van der Waals surface area contributed by atoms with E-state index in [0.717, 1.165) is 0 Å². The summed E-state index contributed by atoms with van der Waals surface area (Å²) < 4.78 is 24.6. The van der Waals surface area contributed by atoms with Crippen LogP contribution in [0.15, 0.2) is 29.5 Å². The molecule has 2 saturated heterocycles. The molecule has 11 atom stereocenters. The van der Waals surface area contributed by atoms with Crippen LogP contribution in [0.2, 0.25) is 0 Å². The number of carbonyl (C=O) groups is 3. The molecule has 11 N–H and O–H groups in total. The van der Waals surface area contributed by atoms with Gasteiger partial charge in [0.05, 0.1) is 61.1 Å². The lowest BCUT2D eigenvalue weighted by Crippen LogP contribution is -2.60. The maximum atomic E-state index is 14.0. The Balaban J connectivity index is 1.08. The lowest BCUT2D eigenvalue weighted by Gasteiger charge is -2.44. The number of aliphatic hydroxyl groups is 6. The topological polar surface area (TPSA) is 321 Å². The normalized spacial score (nSPS) is 32.7. The van der Waals surface area contributed by atoms with Gasteiger partial charge in [-0.1, -0.05) is 12.1 Å². The van der Waals surface area contributed by atoms with Gasteiger partial charge in [-0.25, -0.2) is 15.4 Å². The van der Waals surface area contributed by atoms with Crippen molar-refractivity contribution in [2.45, 2.75) is 93.1 Å². The molecule has 1 aromatic heterocycles. The quantitative estimate of drug-likeness (QED) is 0.0817. The second-order valence-corrected chi connectivity index (χ2v) is 14.9. The number of aromatic nitrogens is 2. The third kappa shape index (κ3) is 6.09. The Morgan fingerprint density at radius 2 is 1.79 bits per heavy atom. The van der Waals surface area contributed by atoms with Crippen LogP contribution in [0.3, 0.4) is 0 Å². The maximum absolute atomic E-state index is 14.0. The van der Waals surface area contributed by atoms with Crippen molar-refractivity contribution in [3.05, 3.63) is 63.6 Å². The average molecular weight is 811 g/mol. The molecule has 0 radical (unpaired) electrons. The Bertz CT molecular complexity index is 2210. The number of nitrogens with one attached hydrogen (secondary N) is 1. The van der Waals surface area contributed by atoms with E-state index in [-0.39, 0.29) is 45.9 Å². The number of Topliss-reactive ketones (excluding diaryl/α,β-unsaturated/α-hetero) is 1. The molecular weight excluding hydrogens is 768 g/mol. The minimum absolute atomic E-state index is 0.0521. The number of nitrogens with two attached hydrogens (primary N) is 1. The van der Waals surface area contributed by atoms with Crippen molar-refractivity contribution in [2.75, 3.05) is 20.3 Å². The number of phenols is 2. The summed E-state index contributed by atoms with van der Waals surface area (Å²) in [5.41, 5.74) is 5.75. The summed E-state index contributed by atoms with van der Waals surface area (Å²) in [7, 11) is 1.30. The Morgan fingerprint density at radius 3 is 2.48 bits per heavy atom. The molecule has 2 fully saturated rings. The molecule has 4 heterocycles. The SMILES string of the molecule is COc1cccc2c1C(=O)c1c(O)c3c(c(O)c1C2=O)C[C@@](O)(C(=O)CO)C[C@@H]3OC1CC(NN2C=Nc3c(ncn3[C@@H]3O[C@H](CO)C(O)C3O)C2N)C(O)C(C)O1. The minimum atomic E-state index is -2.36. The van der Waals surface area contributed by atoms with E-state index in [2.05, 4.69) is 15.4 Å². The number of hydrogen-bond donors (Lipinski definition) is 10. The van der Waals surface area contributed by atoms with Gasteiger partial charge >= 0.3 is 0 Å². The molecule has 3 aromatic rings. The molecule has 8 rings (SSSR count). The number of benzene rings is 2. The fourth-order valence-corrected chi connectivity index (χ4v) is 8.48.